The second kappa shape index (κ2) is 5.17. The zero-order chi connectivity index (χ0) is 13.1. The smallest absolute Gasteiger partial charge is 0.383 e. The average Bonchev–Trinajstić information content (AvgIpc) is 2.24. The summed E-state index contributed by atoms with van der Waals surface area (Å²) in [5.41, 5.74) is 4.38. The van der Waals surface area contributed by atoms with Crippen molar-refractivity contribution in [2.45, 2.75) is 6.18 Å². The summed E-state index contributed by atoms with van der Waals surface area (Å²) in [6, 6.07) is 0. The van der Waals surface area contributed by atoms with Gasteiger partial charge in [-0.15, -0.1) is 0 Å². The Morgan fingerprint density at radius 1 is 1.47 bits per heavy atom. The van der Waals surface area contributed by atoms with E-state index in [0.29, 0.717) is 6.20 Å². The van der Waals surface area contributed by atoms with Crippen molar-refractivity contribution < 1.29 is 17.9 Å². The molecule has 0 fully saturated rings. The van der Waals surface area contributed by atoms with Crippen molar-refractivity contribution in [3.05, 3.63) is 11.8 Å². The van der Waals surface area contributed by atoms with Crippen LogP contribution in [0.25, 0.3) is 0 Å². The number of likely N-dealkylation sites (N-methyl/N-ethyl adjacent to an activating group) is 1. The number of rotatable bonds is 4. The normalized spacial score (nSPS) is 11.6. The molecule has 0 atom stereocenters. The van der Waals surface area contributed by atoms with Crippen LogP contribution in [0, 0.1) is 0 Å². The molecule has 0 unspecified atom stereocenters. The largest absolute Gasteiger partial charge is 0.421 e. The maximum atomic E-state index is 12.7. The third kappa shape index (κ3) is 3.45. The molecule has 1 aromatic rings. The Bertz CT molecular complexity index is 383. The number of nitrogens with two attached hydrogens (primary N) is 1. The van der Waals surface area contributed by atoms with Crippen LogP contribution in [0.3, 0.4) is 0 Å². The minimum atomic E-state index is -4.51. The van der Waals surface area contributed by atoms with Crippen LogP contribution < -0.4 is 10.6 Å². The van der Waals surface area contributed by atoms with Crippen LogP contribution in [0.5, 0.6) is 0 Å². The van der Waals surface area contributed by atoms with Gasteiger partial charge in [-0.3, -0.25) is 0 Å². The monoisotopic (exact) mass is 250 g/mol. The van der Waals surface area contributed by atoms with E-state index in [-0.39, 0.29) is 24.9 Å². The van der Waals surface area contributed by atoms with E-state index in [1.165, 1.54) is 19.1 Å². The molecular weight excluding hydrogens is 237 g/mol. The molecule has 0 aromatic carbocycles. The van der Waals surface area contributed by atoms with Gasteiger partial charge in [0.05, 0.1) is 6.61 Å². The summed E-state index contributed by atoms with van der Waals surface area (Å²) < 4.78 is 42.8. The van der Waals surface area contributed by atoms with Crippen molar-refractivity contribution in [3.8, 4) is 0 Å². The molecule has 96 valence electrons. The van der Waals surface area contributed by atoms with Gasteiger partial charge < -0.3 is 15.4 Å². The van der Waals surface area contributed by atoms with E-state index in [0.717, 1.165) is 0 Å². The van der Waals surface area contributed by atoms with Gasteiger partial charge in [-0.1, -0.05) is 0 Å². The average molecular weight is 250 g/mol. The number of hydrogen-bond acceptors (Lipinski definition) is 5. The Morgan fingerprint density at radius 2 is 2.12 bits per heavy atom. The summed E-state index contributed by atoms with van der Waals surface area (Å²) in [6.45, 7) is 0.563. The molecule has 1 aromatic heterocycles. The number of methoxy groups -OCH3 is 1. The lowest BCUT2D eigenvalue weighted by molar-refractivity contribution is -0.137. The fourth-order valence-electron chi connectivity index (χ4n) is 1.21. The van der Waals surface area contributed by atoms with Crippen LogP contribution in [-0.2, 0) is 10.9 Å². The molecule has 0 aliphatic carbocycles. The summed E-state index contributed by atoms with van der Waals surface area (Å²) in [7, 11) is 2.95. The Kier molecular flexibility index (Phi) is 4.11. The van der Waals surface area contributed by atoms with Crippen LogP contribution in [0.15, 0.2) is 6.20 Å². The summed E-state index contributed by atoms with van der Waals surface area (Å²) >= 11 is 0. The van der Waals surface area contributed by atoms with Crippen molar-refractivity contribution in [1.82, 2.24) is 9.97 Å². The maximum Gasteiger partial charge on any atom is 0.421 e. The Labute approximate surface area is 96.4 Å². The summed E-state index contributed by atoms with van der Waals surface area (Å²) in [4.78, 5) is 8.29. The number of anilines is 2. The van der Waals surface area contributed by atoms with E-state index in [2.05, 4.69) is 9.97 Å². The molecular formula is C9H13F3N4O. The molecule has 17 heavy (non-hydrogen) atoms. The highest BCUT2D eigenvalue weighted by Gasteiger charge is 2.36. The van der Waals surface area contributed by atoms with Crippen molar-refractivity contribution >= 4 is 11.8 Å². The van der Waals surface area contributed by atoms with E-state index >= 15 is 0 Å². The molecule has 0 bridgehead atoms. The molecule has 0 radical (unpaired) electrons. The Balaban J connectivity index is 3.07. The molecule has 2 N–H and O–H groups in total. The van der Waals surface area contributed by atoms with Crippen LogP contribution >= 0.6 is 0 Å². The number of nitrogen functional groups attached to an aromatic ring is 1. The highest BCUT2D eigenvalue weighted by Crippen LogP contribution is 2.34. The van der Waals surface area contributed by atoms with Gasteiger partial charge in [0.1, 0.15) is 11.4 Å². The van der Waals surface area contributed by atoms with Crippen LogP contribution in [-0.4, -0.2) is 37.3 Å². The summed E-state index contributed by atoms with van der Waals surface area (Å²) in [5, 5.41) is 0. The van der Waals surface area contributed by atoms with Gasteiger partial charge in [0, 0.05) is 26.9 Å². The van der Waals surface area contributed by atoms with Gasteiger partial charge in [0.25, 0.3) is 0 Å². The zero-order valence-corrected chi connectivity index (χ0v) is 9.45. The topological polar surface area (TPSA) is 64.3 Å². The first-order valence-electron chi connectivity index (χ1n) is 4.76. The molecule has 1 rings (SSSR count). The Morgan fingerprint density at radius 3 is 2.65 bits per heavy atom. The molecule has 0 aliphatic heterocycles. The molecule has 0 saturated carbocycles. The first kappa shape index (κ1) is 13.5. The van der Waals surface area contributed by atoms with Gasteiger partial charge >= 0.3 is 6.18 Å². The fourth-order valence-corrected chi connectivity index (χ4v) is 1.21. The van der Waals surface area contributed by atoms with E-state index < -0.39 is 11.7 Å². The predicted molar refractivity (Wildman–Crippen MR) is 56.6 cm³/mol. The van der Waals surface area contributed by atoms with Crippen molar-refractivity contribution in [2.75, 3.05) is 37.9 Å². The van der Waals surface area contributed by atoms with E-state index in [4.69, 9.17) is 10.5 Å². The lowest BCUT2D eigenvalue weighted by Crippen LogP contribution is -2.26. The highest BCUT2D eigenvalue weighted by atomic mass is 19.4. The lowest BCUT2D eigenvalue weighted by Gasteiger charge is -2.21. The Hall–Kier alpha value is -1.57. The second-order valence-corrected chi connectivity index (χ2v) is 3.38. The third-order valence-corrected chi connectivity index (χ3v) is 2.09. The van der Waals surface area contributed by atoms with Gasteiger partial charge in [-0.05, 0) is 0 Å². The highest BCUT2D eigenvalue weighted by molar-refractivity contribution is 5.49. The van der Waals surface area contributed by atoms with Gasteiger partial charge in [0.2, 0.25) is 5.95 Å². The van der Waals surface area contributed by atoms with E-state index in [9.17, 15) is 13.2 Å². The van der Waals surface area contributed by atoms with Gasteiger partial charge in [0.15, 0.2) is 0 Å². The van der Waals surface area contributed by atoms with Crippen LogP contribution in [0.4, 0.5) is 24.9 Å². The number of halogens is 3. The molecule has 0 saturated heterocycles. The molecule has 0 spiro atoms. The first-order chi connectivity index (χ1) is 7.86. The standard InChI is InChI=1S/C9H13F3N4O/c1-16(3-4-17-2)7-6(9(10,11)12)5-14-8(13)15-7/h5H,3-4H2,1-2H3,(H2,13,14,15). The minimum Gasteiger partial charge on any atom is -0.383 e. The molecule has 0 amide bonds. The molecule has 0 aliphatic rings. The predicted octanol–water partition coefficient (Wildman–Crippen LogP) is 1.16. The SMILES string of the molecule is COCCN(C)c1nc(N)ncc1C(F)(F)F. The summed E-state index contributed by atoms with van der Waals surface area (Å²) in [5.74, 6) is -0.445. The van der Waals surface area contributed by atoms with E-state index in [1.807, 2.05) is 0 Å². The van der Waals surface area contributed by atoms with Crippen molar-refractivity contribution in [3.63, 3.8) is 0 Å². The van der Waals surface area contributed by atoms with Gasteiger partial charge in [-0.2, -0.15) is 18.2 Å². The zero-order valence-electron chi connectivity index (χ0n) is 9.45. The van der Waals surface area contributed by atoms with E-state index in [1.54, 1.807) is 0 Å². The summed E-state index contributed by atoms with van der Waals surface area (Å²) in [6.07, 6.45) is -3.83. The number of ether oxygens (including phenoxy) is 1. The quantitative estimate of drug-likeness (QED) is 0.868. The van der Waals surface area contributed by atoms with Crippen molar-refractivity contribution in [2.24, 2.45) is 0 Å². The number of aromatic nitrogens is 2. The van der Waals surface area contributed by atoms with Crippen LogP contribution in [0.2, 0.25) is 0 Å². The first-order valence-corrected chi connectivity index (χ1v) is 4.76. The third-order valence-electron chi connectivity index (χ3n) is 2.09. The molecule has 5 nitrogen and oxygen atoms in total. The van der Waals surface area contributed by atoms with Crippen LogP contribution in [0.1, 0.15) is 5.56 Å². The number of hydrogen-bond donors (Lipinski definition) is 1. The number of alkyl halides is 3. The van der Waals surface area contributed by atoms with Crippen molar-refractivity contribution in [1.29, 1.82) is 0 Å². The molecule has 1 heterocycles. The maximum absolute atomic E-state index is 12.7. The molecule has 8 heteroatoms. The van der Waals surface area contributed by atoms with Gasteiger partial charge in [-0.25, -0.2) is 4.98 Å². The fraction of sp³-hybridized carbons (Fsp3) is 0.556. The minimum absolute atomic E-state index is 0.197. The second-order valence-electron chi connectivity index (χ2n) is 3.38. The number of nitrogens with zero attached hydrogens (tertiary/aromatic N) is 3. The lowest BCUT2D eigenvalue weighted by atomic mass is 10.3.